The van der Waals surface area contributed by atoms with Gasteiger partial charge in [0, 0.05) is 50.9 Å². The Kier molecular flexibility index (Phi) is 7.78. The third-order valence-electron chi connectivity index (χ3n) is 3.84. The molecule has 0 saturated carbocycles. The number of piperazine rings is 1. The Labute approximate surface area is 142 Å². The van der Waals surface area contributed by atoms with E-state index in [4.69, 9.17) is 4.74 Å². The molecule has 130 valence electrons. The summed E-state index contributed by atoms with van der Waals surface area (Å²) in [6, 6.07) is 0. The van der Waals surface area contributed by atoms with E-state index in [0.29, 0.717) is 25.6 Å². The van der Waals surface area contributed by atoms with Crippen molar-refractivity contribution in [1.82, 2.24) is 15.2 Å². The number of nitrogens with zero attached hydrogens (tertiary/aromatic N) is 3. The molecule has 2 rings (SSSR count). The topological polar surface area (TPSA) is 57.7 Å². The lowest BCUT2D eigenvalue weighted by molar-refractivity contribution is -0.122. The van der Waals surface area contributed by atoms with Crippen LogP contribution in [0.2, 0.25) is 0 Å². The van der Waals surface area contributed by atoms with Gasteiger partial charge in [-0.15, -0.1) is 11.3 Å². The second-order valence-corrected chi connectivity index (χ2v) is 7.10. The average molecular weight is 340 g/mol. The molecule has 1 aliphatic heterocycles. The Balaban J connectivity index is 1.53. The van der Waals surface area contributed by atoms with Crippen LogP contribution in [-0.4, -0.2) is 68.3 Å². The first-order chi connectivity index (χ1) is 11.1. The second-order valence-electron chi connectivity index (χ2n) is 6.22. The van der Waals surface area contributed by atoms with E-state index in [1.807, 2.05) is 11.6 Å². The number of rotatable bonds is 9. The van der Waals surface area contributed by atoms with Gasteiger partial charge < -0.3 is 15.0 Å². The molecule has 23 heavy (non-hydrogen) atoms. The molecule has 1 aromatic rings. The summed E-state index contributed by atoms with van der Waals surface area (Å²) in [7, 11) is 0. The smallest absolute Gasteiger partial charge is 0.234 e. The van der Waals surface area contributed by atoms with Crippen LogP contribution in [-0.2, 0) is 9.53 Å². The maximum absolute atomic E-state index is 11.9. The van der Waals surface area contributed by atoms with Gasteiger partial charge in [0.05, 0.1) is 13.2 Å². The van der Waals surface area contributed by atoms with Crippen molar-refractivity contribution in [1.29, 1.82) is 0 Å². The molecule has 1 aromatic heterocycles. The summed E-state index contributed by atoms with van der Waals surface area (Å²) >= 11 is 1.67. The van der Waals surface area contributed by atoms with Crippen molar-refractivity contribution in [3.8, 4) is 0 Å². The van der Waals surface area contributed by atoms with Crippen LogP contribution < -0.4 is 10.2 Å². The lowest BCUT2D eigenvalue weighted by Gasteiger charge is -2.34. The first kappa shape index (κ1) is 18.2. The summed E-state index contributed by atoms with van der Waals surface area (Å²) in [5, 5.41) is 6.00. The van der Waals surface area contributed by atoms with E-state index in [-0.39, 0.29) is 5.91 Å². The van der Waals surface area contributed by atoms with Crippen molar-refractivity contribution < 1.29 is 9.53 Å². The van der Waals surface area contributed by atoms with Crippen LogP contribution in [0.15, 0.2) is 11.6 Å². The summed E-state index contributed by atoms with van der Waals surface area (Å²) in [4.78, 5) is 20.7. The fourth-order valence-electron chi connectivity index (χ4n) is 2.41. The molecule has 0 unspecified atom stereocenters. The molecular formula is C16H28N4O2S. The highest BCUT2D eigenvalue weighted by Gasteiger charge is 2.20. The highest BCUT2D eigenvalue weighted by molar-refractivity contribution is 7.13. The van der Waals surface area contributed by atoms with Crippen LogP contribution in [0.1, 0.15) is 20.3 Å². The number of nitrogens with one attached hydrogen (secondary N) is 1. The summed E-state index contributed by atoms with van der Waals surface area (Å²) in [6.07, 6.45) is 2.90. The van der Waals surface area contributed by atoms with Gasteiger partial charge in [-0.05, 0) is 12.3 Å². The van der Waals surface area contributed by atoms with Crippen LogP contribution in [0.5, 0.6) is 0 Å². The molecule has 0 bridgehead atoms. The largest absolute Gasteiger partial charge is 0.380 e. The van der Waals surface area contributed by atoms with E-state index in [2.05, 4.69) is 33.9 Å². The van der Waals surface area contributed by atoms with E-state index in [9.17, 15) is 4.79 Å². The van der Waals surface area contributed by atoms with Gasteiger partial charge in [-0.25, -0.2) is 4.98 Å². The number of carbonyl (C=O) groups is 1. The predicted octanol–water partition coefficient (Wildman–Crippen LogP) is 1.44. The minimum absolute atomic E-state index is 0.0835. The van der Waals surface area contributed by atoms with Crippen molar-refractivity contribution in [2.75, 3.05) is 57.4 Å². The molecule has 1 saturated heterocycles. The molecule has 6 nitrogen and oxygen atoms in total. The van der Waals surface area contributed by atoms with E-state index in [0.717, 1.165) is 44.3 Å². The molecule has 0 aromatic carbocycles. The van der Waals surface area contributed by atoms with Crippen LogP contribution in [0, 0.1) is 5.92 Å². The van der Waals surface area contributed by atoms with Gasteiger partial charge in [-0.1, -0.05) is 13.8 Å². The fraction of sp³-hybridized carbons (Fsp3) is 0.750. The Hall–Kier alpha value is -1.18. The van der Waals surface area contributed by atoms with Gasteiger partial charge in [0.2, 0.25) is 5.91 Å². The lowest BCUT2D eigenvalue weighted by Crippen LogP contribution is -2.49. The van der Waals surface area contributed by atoms with Gasteiger partial charge in [-0.2, -0.15) is 0 Å². The van der Waals surface area contributed by atoms with Gasteiger partial charge in [0.1, 0.15) is 0 Å². The number of carbonyl (C=O) groups excluding carboxylic acids is 1. The Morgan fingerprint density at radius 1 is 1.35 bits per heavy atom. The second kappa shape index (κ2) is 9.85. The van der Waals surface area contributed by atoms with Crippen LogP contribution in [0.4, 0.5) is 5.13 Å². The van der Waals surface area contributed by atoms with E-state index < -0.39 is 0 Å². The first-order valence-electron chi connectivity index (χ1n) is 8.36. The molecule has 0 spiro atoms. The molecule has 0 atom stereocenters. The Bertz CT molecular complexity index is 445. The fourth-order valence-corrected chi connectivity index (χ4v) is 3.11. The molecule has 1 aliphatic rings. The first-order valence-corrected chi connectivity index (χ1v) is 9.24. The van der Waals surface area contributed by atoms with Crippen molar-refractivity contribution in [3.63, 3.8) is 0 Å². The zero-order valence-corrected chi connectivity index (χ0v) is 15.0. The van der Waals surface area contributed by atoms with Gasteiger partial charge in [-0.3, -0.25) is 9.69 Å². The highest BCUT2D eigenvalue weighted by Crippen LogP contribution is 2.18. The predicted molar refractivity (Wildman–Crippen MR) is 94.1 cm³/mol. The summed E-state index contributed by atoms with van der Waals surface area (Å²) < 4.78 is 5.50. The number of thiazole rings is 1. The number of aromatic nitrogens is 1. The number of hydrogen-bond acceptors (Lipinski definition) is 6. The zero-order chi connectivity index (χ0) is 16.5. The minimum atomic E-state index is 0.0835. The number of amides is 1. The Morgan fingerprint density at radius 2 is 2.13 bits per heavy atom. The number of ether oxygens (including phenoxy) is 1. The summed E-state index contributed by atoms with van der Waals surface area (Å²) in [5.74, 6) is 0.743. The quantitative estimate of drug-likeness (QED) is 0.690. The third-order valence-corrected chi connectivity index (χ3v) is 4.67. The zero-order valence-electron chi connectivity index (χ0n) is 14.2. The third kappa shape index (κ3) is 6.85. The van der Waals surface area contributed by atoms with Crippen molar-refractivity contribution in [3.05, 3.63) is 11.6 Å². The van der Waals surface area contributed by atoms with Crippen molar-refractivity contribution in [2.24, 2.45) is 5.92 Å². The maximum Gasteiger partial charge on any atom is 0.234 e. The molecule has 1 N–H and O–H groups in total. The van der Waals surface area contributed by atoms with Crippen LogP contribution >= 0.6 is 11.3 Å². The van der Waals surface area contributed by atoms with Crippen molar-refractivity contribution >= 4 is 22.4 Å². The molecular weight excluding hydrogens is 312 g/mol. The molecule has 0 aliphatic carbocycles. The lowest BCUT2D eigenvalue weighted by atomic mass is 10.1. The molecule has 1 fully saturated rings. The normalized spacial score (nSPS) is 16.0. The van der Waals surface area contributed by atoms with Crippen LogP contribution in [0.3, 0.4) is 0 Å². The summed E-state index contributed by atoms with van der Waals surface area (Å²) in [6.45, 7) is 10.4. The highest BCUT2D eigenvalue weighted by atomic mass is 32.1. The molecule has 1 amide bonds. The van der Waals surface area contributed by atoms with E-state index in [1.54, 1.807) is 11.3 Å². The summed E-state index contributed by atoms with van der Waals surface area (Å²) in [5.41, 5.74) is 0. The monoisotopic (exact) mass is 340 g/mol. The molecule has 2 heterocycles. The van der Waals surface area contributed by atoms with Gasteiger partial charge in [0.15, 0.2) is 5.13 Å². The average Bonchev–Trinajstić information content (AvgIpc) is 3.05. The molecule has 0 radical (unpaired) electrons. The Morgan fingerprint density at radius 3 is 2.78 bits per heavy atom. The molecule has 7 heteroatoms. The maximum atomic E-state index is 11.9. The van der Waals surface area contributed by atoms with E-state index in [1.165, 1.54) is 0 Å². The van der Waals surface area contributed by atoms with Gasteiger partial charge in [0.25, 0.3) is 0 Å². The van der Waals surface area contributed by atoms with Crippen molar-refractivity contribution in [2.45, 2.75) is 20.3 Å². The number of hydrogen-bond donors (Lipinski definition) is 1. The minimum Gasteiger partial charge on any atom is -0.380 e. The SMILES string of the molecule is CC(C)CCOCCNC(=O)CN1CCN(c2nccs2)CC1. The van der Waals surface area contributed by atoms with E-state index >= 15 is 0 Å². The van der Waals surface area contributed by atoms with Crippen LogP contribution in [0.25, 0.3) is 0 Å². The van der Waals surface area contributed by atoms with Gasteiger partial charge >= 0.3 is 0 Å². The number of anilines is 1. The standard InChI is InChI=1S/C16H28N4O2S/c1-14(2)3-10-22-11-4-17-15(21)13-19-6-8-20(9-7-19)16-18-5-12-23-16/h5,12,14H,3-4,6-11,13H2,1-2H3,(H,17,21).